The van der Waals surface area contributed by atoms with Crippen molar-refractivity contribution in [3.8, 4) is 44.5 Å². The third-order valence-electron chi connectivity index (χ3n) is 12.2. The zero-order valence-corrected chi connectivity index (χ0v) is 31.4. The van der Waals surface area contributed by atoms with Crippen molar-refractivity contribution >= 4 is 17.1 Å². The quantitative estimate of drug-likeness (QED) is 0.166. The summed E-state index contributed by atoms with van der Waals surface area (Å²) in [7, 11) is 0. The second-order valence-corrected chi connectivity index (χ2v) is 15.7. The SMILES string of the molecule is CC1(C)c2ccccc2-c2cc(N(c3ccc(-c4ccccc4)cc3)c3ccc(-c4ccc5c(c4)-c4ccccc4C(c4ccccc4)CC5)cc3)ccc21. The number of anilines is 3. The van der Waals surface area contributed by atoms with Gasteiger partial charge in [0.2, 0.25) is 0 Å². The Kier molecular flexibility index (Phi) is 8.11. The molecule has 10 rings (SSSR count). The number of hydrogen-bond acceptors (Lipinski definition) is 1. The molecule has 1 heteroatoms. The predicted octanol–water partition coefficient (Wildman–Crippen LogP) is 14.5. The molecule has 8 aromatic rings. The fourth-order valence-electron chi connectivity index (χ4n) is 9.29. The summed E-state index contributed by atoms with van der Waals surface area (Å²) < 4.78 is 0. The molecule has 2 aliphatic rings. The van der Waals surface area contributed by atoms with Gasteiger partial charge < -0.3 is 4.90 Å². The maximum atomic E-state index is 2.43. The summed E-state index contributed by atoms with van der Waals surface area (Å²) in [6.07, 6.45) is 2.17. The minimum absolute atomic E-state index is 0.0366. The van der Waals surface area contributed by atoms with Crippen LogP contribution in [0.25, 0.3) is 44.5 Å². The summed E-state index contributed by atoms with van der Waals surface area (Å²) in [5, 5.41) is 0. The predicted molar refractivity (Wildman–Crippen MR) is 232 cm³/mol. The first-order chi connectivity index (χ1) is 27.0. The van der Waals surface area contributed by atoms with Crippen molar-refractivity contribution in [2.75, 3.05) is 4.90 Å². The molecule has 0 aromatic heterocycles. The minimum Gasteiger partial charge on any atom is -0.310 e. The van der Waals surface area contributed by atoms with Gasteiger partial charge in [-0.3, -0.25) is 0 Å². The van der Waals surface area contributed by atoms with Crippen molar-refractivity contribution in [1.82, 2.24) is 0 Å². The zero-order valence-electron chi connectivity index (χ0n) is 31.4. The molecule has 264 valence electrons. The van der Waals surface area contributed by atoms with E-state index in [1.165, 1.54) is 72.3 Å². The van der Waals surface area contributed by atoms with Crippen LogP contribution in [-0.2, 0) is 11.8 Å². The molecule has 1 nitrogen and oxygen atoms in total. The molecule has 55 heavy (non-hydrogen) atoms. The summed E-state index contributed by atoms with van der Waals surface area (Å²) in [6, 6.07) is 71.9. The maximum absolute atomic E-state index is 2.43. The van der Waals surface area contributed by atoms with Crippen LogP contribution < -0.4 is 4.90 Å². The lowest BCUT2D eigenvalue weighted by molar-refractivity contribution is 0.660. The molecular formula is C54H43N. The molecule has 0 aliphatic heterocycles. The van der Waals surface area contributed by atoms with Gasteiger partial charge in [0.1, 0.15) is 0 Å². The summed E-state index contributed by atoms with van der Waals surface area (Å²) in [5.41, 5.74) is 20.7. The number of aryl methyl sites for hydroxylation is 1. The summed E-state index contributed by atoms with van der Waals surface area (Å²) >= 11 is 0. The smallest absolute Gasteiger partial charge is 0.0468 e. The monoisotopic (exact) mass is 705 g/mol. The Labute approximate surface area is 325 Å². The van der Waals surface area contributed by atoms with Crippen molar-refractivity contribution in [2.24, 2.45) is 0 Å². The fraction of sp³-hybridized carbons (Fsp3) is 0.111. The summed E-state index contributed by atoms with van der Waals surface area (Å²) in [5.74, 6) is 0.388. The van der Waals surface area contributed by atoms with E-state index in [0.717, 1.165) is 29.9 Å². The Hall–Kier alpha value is -6.44. The van der Waals surface area contributed by atoms with Crippen molar-refractivity contribution in [2.45, 2.75) is 38.0 Å². The second kappa shape index (κ2) is 13.4. The van der Waals surface area contributed by atoms with E-state index < -0.39 is 0 Å². The van der Waals surface area contributed by atoms with Crippen LogP contribution in [0.5, 0.6) is 0 Å². The van der Waals surface area contributed by atoms with Gasteiger partial charge in [-0.1, -0.05) is 166 Å². The first kappa shape index (κ1) is 33.2. The van der Waals surface area contributed by atoms with Crippen LogP contribution in [0.3, 0.4) is 0 Å². The van der Waals surface area contributed by atoms with Gasteiger partial charge in [-0.25, -0.2) is 0 Å². The van der Waals surface area contributed by atoms with Crippen molar-refractivity contribution in [1.29, 1.82) is 0 Å². The molecule has 0 fully saturated rings. The van der Waals surface area contributed by atoms with Crippen molar-refractivity contribution < 1.29 is 0 Å². The lowest BCUT2D eigenvalue weighted by Crippen LogP contribution is -2.15. The molecule has 1 unspecified atom stereocenters. The van der Waals surface area contributed by atoms with Crippen LogP contribution in [0.4, 0.5) is 17.1 Å². The molecule has 2 aliphatic carbocycles. The van der Waals surface area contributed by atoms with Gasteiger partial charge in [-0.15, -0.1) is 0 Å². The molecule has 0 saturated heterocycles. The molecule has 0 spiro atoms. The highest BCUT2D eigenvalue weighted by atomic mass is 15.1. The van der Waals surface area contributed by atoms with E-state index in [9.17, 15) is 0 Å². The lowest BCUT2D eigenvalue weighted by atomic mass is 9.82. The van der Waals surface area contributed by atoms with Crippen molar-refractivity contribution in [3.63, 3.8) is 0 Å². The Morgan fingerprint density at radius 3 is 1.69 bits per heavy atom. The third-order valence-corrected chi connectivity index (χ3v) is 12.2. The van der Waals surface area contributed by atoms with E-state index in [-0.39, 0.29) is 5.41 Å². The minimum atomic E-state index is -0.0366. The molecular weight excluding hydrogens is 663 g/mol. The van der Waals surface area contributed by atoms with Gasteiger partial charge in [0.15, 0.2) is 0 Å². The van der Waals surface area contributed by atoms with Gasteiger partial charge in [-0.2, -0.15) is 0 Å². The number of rotatable bonds is 6. The molecule has 0 radical (unpaired) electrons. The third kappa shape index (κ3) is 5.79. The molecule has 0 amide bonds. The molecule has 1 atom stereocenters. The van der Waals surface area contributed by atoms with Gasteiger partial charge in [-0.05, 0) is 128 Å². The average molecular weight is 706 g/mol. The average Bonchev–Trinajstić information content (AvgIpc) is 3.35. The molecule has 0 N–H and O–H groups in total. The maximum Gasteiger partial charge on any atom is 0.0468 e. The molecule has 0 heterocycles. The molecule has 0 bridgehead atoms. The van der Waals surface area contributed by atoms with E-state index in [2.05, 4.69) is 213 Å². The largest absolute Gasteiger partial charge is 0.310 e. The van der Waals surface area contributed by atoms with E-state index >= 15 is 0 Å². The number of benzene rings is 8. The van der Waals surface area contributed by atoms with E-state index in [0.29, 0.717) is 5.92 Å². The zero-order chi connectivity index (χ0) is 36.9. The van der Waals surface area contributed by atoms with Crippen LogP contribution in [0.15, 0.2) is 194 Å². The highest BCUT2D eigenvalue weighted by Crippen LogP contribution is 2.51. The van der Waals surface area contributed by atoms with Gasteiger partial charge in [0.25, 0.3) is 0 Å². The molecule has 0 saturated carbocycles. The highest BCUT2D eigenvalue weighted by Gasteiger charge is 2.35. The Balaban J connectivity index is 1.04. The van der Waals surface area contributed by atoms with Gasteiger partial charge in [0.05, 0.1) is 0 Å². The lowest BCUT2D eigenvalue weighted by Gasteiger charge is -2.27. The Morgan fingerprint density at radius 1 is 0.418 bits per heavy atom. The second-order valence-electron chi connectivity index (χ2n) is 15.7. The molecule has 8 aromatic carbocycles. The number of fused-ring (bicyclic) bond motifs is 6. The Morgan fingerprint density at radius 2 is 0.964 bits per heavy atom. The van der Waals surface area contributed by atoms with Crippen molar-refractivity contribution in [3.05, 3.63) is 222 Å². The van der Waals surface area contributed by atoms with Crippen LogP contribution in [0.1, 0.15) is 54.0 Å². The van der Waals surface area contributed by atoms with Crippen LogP contribution in [-0.4, -0.2) is 0 Å². The first-order valence-electron chi connectivity index (χ1n) is 19.6. The summed E-state index contributed by atoms with van der Waals surface area (Å²) in [6.45, 7) is 4.69. The first-order valence-corrected chi connectivity index (χ1v) is 19.6. The van der Waals surface area contributed by atoms with Gasteiger partial charge in [0, 0.05) is 28.4 Å². The number of hydrogen-bond donors (Lipinski definition) is 0. The van der Waals surface area contributed by atoms with Crippen LogP contribution in [0, 0.1) is 0 Å². The van der Waals surface area contributed by atoms with E-state index in [1.54, 1.807) is 0 Å². The van der Waals surface area contributed by atoms with E-state index in [1.807, 2.05) is 0 Å². The fourth-order valence-corrected chi connectivity index (χ4v) is 9.29. The standard InChI is InChI=1S/C54H43N/c1-54(2)52-20-12-11-19-49(52)51-36-45(32-34-53(51)54)55(43-28-23-38(24-29-43)37-13-5-3-6-14-37)44-30-25-39(26-31-44)42-22-21-41-27-33-46(40-15-7-4-8-16-40)47-17-9-10-18-48(47)50(41)35-42/h3-26,28-32,34-36,46H,27,33H2,1-2H3. The van der Waals surface area contributed by atoms with E-state index in [4.69, 9.17) is 0 Å². The normalized spacial score (nSPS) is 14.9. The summed E-state index contributed by atoms with van der Waals surface area (Å²) in [4.78, 5) is 2.41. The Bertz CT molecular complexity index is 2650. The van der Waals surface area contributed by atoms with Crippen LogP contribution >= 0.6 is 0 Å². The highest BCUT2D eigenvalue weighted by molar-refractivity contribution is 5.87. The van der Waals surface area contributed by atoms with Crippen LogP contribution in [0.2, 0.25) is 0 Å². The topological polar surface area (TPSA) is 3.24 Å². The van der Waals surface area contributed by atoms with Gasteiger partial charge >= 0.3 is 0 Å². The number of nitrogens with zero attached hydrogens (tertiary/aromatic N) is 1.